The van der Waals surface area contributed by atoms with Crippen LogP contribution in [0, 0.1) is 0 Å². The summed E-state index contributed by atoms with van der Waals surface area (Å²) >= 11 is 0. The third-order valence-electron chi connectivity index (χ3n) is 2.00. The van der Waals surface area contributed by atoms with Gasteiger partial charge in [0.15, 0.2) is 0 Å². The molecule has 0 saturated carbocycles. The molecule has 0 aromatic heterocycles. The summed E-state index contributed by atoms with van der Waals surface area (Å²) in [5.74, 6) is -1.34. The van der Waals surface area contributed by atoms with Gasteiger partial charge < -0.3 is 5.11 Å². The van der Waals surface area contributed by atoms with E-state index >= 15 is 0 Å². The van der Waals surface area contributed by atoms with Crippen LogP contribution in [0.25, 0.3) is 0 Å². The average Bonchev–Trinajstić information content (AvgIpc) is 2.15. The first kappa shape index (κ1) is 12.5. The first-order valence-electron chi connectivity index (χ1n) is 4.32. The maximum atomic E-state index is 12.4. The molecule has 0 radical (unpaired) electrons. The number of benzene rings is 1. The summed E-state index contributed by atoms with van der Waals surface area (Å²) in [6.07, 6.45) is -6.37. The second kappa shape index (κ2) is 4.96. The smallest absolute Gasteiger partial charge is 0.307 e. The van der Waals surface area contributed by atoms with Crippen molar-refractivity contribution < 1.29 is 27.5 Å². The summed E-state index contributed by atoms with van der Waals surface area (Å²) in [5.41, 5.74) is -1.26. The molecule has 1 aromatic rings. The molecule has 0 atom stereocenters. The monoisotopic (exact) mass is 236 g/mol. The predicted molar refractivity (Wildman–Crippen MR) is 47.7 cm³/mol. The van der Waals surface area contributed by atoms with E-state index in [2.05, 4.69) is 0 Å². The van der Waals surface area contributed by atoms with E-state index in [9.17, 15) is 22.4 Å². The number of aliphatic carboxylic acids is 1. The van der Waals surface area contributed by atoms with Crippen LogP contribution in [0.5, 0.6) is 0 Å². The maximum Gasteiger partial charge on any atom is 0.307 e. The molecule has 0 heterocycles. The lowest BCUT2D eigenvalue weighted by molar-refractivity contribution is -0.136. The fourth-order valence-electron chi connectivity index (χ4n) is 1.29. The second-order valence-electron chi connectivity index (χ2n) is 3.13. The highest BCUT2D eigenvalue weighted by Gasteiger charge is 2.17. The van der Waals surface area contributed by atoms with Gasteiger partial charge in [-0.2, -0.15) is 0 Å². The highest BCUT2D eigenvalue weighted by atomic mass is 19.3. The molecule has 0 fully saturated rings. The van der Waals surface area contributed by atoms with E-state index in [4.69, 9.17) is 5.11 Å². The number of carbonyl (C=O) groups is 1. The van der Waals surface area contributed by atoms with Gasteiger partial charge in [0.1, 0.15) is 0 Å². The fourth-order valence-corrected chi connectivity index (χ4v) is 1.29. The van der Waals surface area contributed by atoms with Gasteiger partial charge in [0.2, 0.25) is 0 Å². The van der Waals surface area contributed by atoms with E-state index in [1.807, 2.05) is 0 Å². The predicted octanol–water partition coefficient (Wildman–Crippen LogP) is 3.19. The SMILES string of the molecule is O=C(O)Cc1cc(C(F)F)ccc1C(F)F. The summed E-state index contributed by atoms with van der Waals surface area (Å²) < 4.78 is 49.4. The topological polar surface area (TPSA) is 37.3 Å². The Bertz CT molecular complexity index is 390. The summed E-state index contributed by atoms with van der Waals surface area (Å²) in [6.45, 7) is 0. The molecule has 6 heteroatoms. The van der Waals surface area contributed by atoms with Crippen molar-refractivity contribution in [2.24, 2.45) is 0 Å². The minimum absolute atomic E-state index is 0.277. The van der Waals surface area contributed by atoms with Gasteiger partial charge in [0, 0.05) is 11.1 Å². The Hall–Kier alpha value is -1.59. The van der Waals surface area contributed by atoms with Crippen LogP contribution in [0.15, 0.2) is 18.2 Å². The zero-order valence-corrected chi connectivity index (χ0v) is 7.96. The van der Waals surface area contributed by atoms with E-state index in [0.29, 0.717) is 0 Å². The van der Waals surface area contributed by atoms with Crippen LogP contribution < -0.4 is 0 Å². The van der Waals surface area contributed by atoms with Crippen LogP contribution in [0.1, 0.15) is 29.5 Å². The lowest BCUT2D eigenvalue weighted by atomic mass is 10.0. The summed E-state index contributed by atoms with van der Waals surface area (Å²) in [5, 5.41) is 8.47. The molecule has 1 aromatic carbocycles. The fraction of sp³-hybridized carbons (Fsp3) is 0.300. The standard InChI is InChI=1S/C10H8F4O2/c11-9(12)5-1-2-7(10(13)14)6(3-5)4-8(15)16/h1-3,9-10H,4H2,(H,15,16). The number of alkyl halides is 4. The van der Waals surface area contributed by atoms with Gasteiger partial charge >= 0.3 is 5.97 Å². The van der Waals surface area contributed by atoms with E-state index < -0.39 is 36.4 Å². The third-order valence-corrected chi connectivity index (χ3v) is 2.00. The van der Waals surface area contributed by atoms with Crippen molar-refractivity contribution in [1.82, 2.24) is 0 Å². The minimum atomic E-state index is -2.87. The molecule has 0 aliphatic heterocycles. The number of halogens is 4. The molecule has 0 amide bonds. The van der Waals surface area contributed by atoms with E-state index in [0.717, 1.165) is 18.2 Å². The van der Waals surface area contributed by atoms with Crippen molar-refractivity contribution in [2.75, 3.05) is 0 Å². The quantitative estimate of drug-likeness (QED) is 0.815. The highest BCUT2D eigenvalue weighted by molar-refractivity contribution is 5.71. The zero-order chi connectivity index (χ0) is 12.3. The Morgan fingerprint density at radius 3 is 2.25 bits per heavy atom. The Morgan fingerprint density at radius 1 is 1.19 bits per heavy atom. The van der Waals surface area contributed by atoms with Gasteiger partial charge in [-0.3, -0.25) is 4.79 Å². The van der Waals surface area contributed by atoms with Gasteiger partial charge in [-0.1, -0.05) is 12.1 Å². The van der Waals surface area contributed by atoms with Crippen molar-refractivity contribution in [1.29, 1.82) is 0 Å². The average molecular weight is 236 g/mol. The van der Waals surface area contributed by atoms with E-state index in [1.165, 1.54) is 0 Å². The number of hydrogen-bond acceptors (Lipinski definition) is 1. The molecular weight excluding hydrogens is 228 g/mol. The van der Waals surface area contributed by atoms with Crippen LogP contribution in [-0.4, -0.2) is 11.1 Å². The number of carboxylic acid groups (broad SMARTS) is 1. The number of rotatable bonds is 4. The number of carboxylic acids is 1. The van der Waals surface area contributed by atoms with Crippen LogP contribution >= 0.6 is 0 Å². The van der Waals surface area contributed by atoms with Gasteiger partial charge in [-0.05, 0) is 11.6 Å². The molecule has 0 bridgehead atoms. The van der Waals surface area contributed by atoms with Gasteiger partial charge in [0.05, 0.1) is 6.42 Å². The Kier molecular flexibility index (Phi) is 3.87. The molecule has 16 heavy (non-hydrogen) atoms. The molecule has 1 rings (SSSR count). The van der Waals surface area contributed by atoms with Crippen molar-refractivity contribution in [2.45, 2.75) is 19.3 Å². The summed E-state index contributed by atoms with van der Waals surface area (Å²) in [7, 11) is 0. The first-order chi connectivity index (χ1) is 7.41. The van der Waals surface area contributed by atoms with Crippen molar-refractivity contribution in [3.63, 3.8) is 0 Å². The molecule has 0 unspecified atom stereocenters. The molecular formula is C10H8F4O2. The number of hydrogen-bond donors (Lipinski definition) is 1. The minimum Gasteiger partial charge on any atom is -0.481 e. The molecule has 0 saturated heterocycles. The Balaban J connectivity index is 3.15. The van der Waals surface area contributed by atoms with E-state index in [1.54, 1.807) is 0 Å². The van der Waals surface area contributed by atoms with Crippen molar-refractivity contribution in [3.05, 3.63) is 34.9 Å². The lowest BCUT2D eigenvalue weighted by Gasteiger charge is -2.09. The molecule has 2 nitrogen and oxygen atoms in total. The van der Waals surface area contributed by atoms with E-state index in [-0.39, 0.29) is 5.56 Å². The van der Waals surface area contributed by atoms with Crippen molar-refractivity contribution in [3.8, 4) is 0 Å². The van der Waals surface area contributed by atoms with Gasteiger partial charge in [-0.15, -0.1) is 0 Å². The first-order valence-corrected chi connectivity index (χ1v) is 4.32. The maximum absolute atomic E-state index is 12.4. The Labute approximate surface area is 88.5 Å². The largest absolute Gasteiger partial charge is 0.481 e. The lowest BCUT2D eigenvalue weighted by Crippen LogP contribution is -2.05. The molecule has 0 aliphatic carbocycles. The third kappa shape index (κ3) is 2.95. The summed E-state index contributed by atoms with van der Waals surface area (Å²) in [4.78, 5) is 10.4. The van der Waals surface area contributed by atoms with Crippen LogP contribution in [0.3, 0.4) is 0 Å². The molecule has 1 N–H and O–H groups in total. The normalized spacial score (nSPS) is 11.1. The van der Waals surface area contributed by atoms with Crippen LogP contribution in [0.2, 0.25) is 0 Å². The van der Waals surface area contributed by atoms with Crippen LogP contribution in [0.4, 0.5) is 17.6 Å². The molecule has 88 valence electrons. The van der Waals surface area contributed by atoms with Crippen molar-refractivity contribution >= 4 is 5.97 Å². The zero-order valence-electron chi connectivity index (χ0n) is 7.96. The second-order valence-corrected chi connectivity index (χ2v) is 3.13. The Morgan fingerprint density at radius 2 is 1.81 bits per heavy atom. The van der Waals surface area contributed by atoms with Crippen LogP contribution in [-0.2, 0) is 11.2 Å². The van der Waals surface area contributed by atoms with Gasteiger partial charge in [-0.25, -0.2) is 17.6 Å². The highest BCUT2D eigenvalue weighted by Crippen LogP contribution is 2.28. The molecule has 0 spiro atoms. The molecule has 0 aliphatic rings. The van der Waals surface area contributed by atoms with Gasteiger partial charge in [0.25, 0.3) is 12.9 Å². The summed E-state index contributed by atoms with van der Waals surface area (Å²) in [6, 6.07) is 2.52.